The van der Waals surface area contributed by atoms with Crippen molar-refractivity contribution in [1.82, 2.24) is 15.3 Å². The van der Waals surface area contributed by atoms with E-state index < -0.39 is 18.1 Å². The van der Waals surface area contributed by atoms with Crippen LogP contribution in [0.2, 0.25) is 0 Å². The third-order valence-electron chi connectivity index (χ3n) is 7.45. The number of aliphatic hydroxyl groups is 1. The average molecular weight is 553 g/mol. The first kappa shape index (κ1) is 31.0. The number of nitrogens with zero attached hydrogens (tertiary/aromatic N) is 3. The van der Waals surface area contributed by atoms with Gasteiger partial charge in [0.2, 0.25) is 0 Å². The molecule has 220 valence electrons. The number of carboxylic acid groups (broad SMARTS) is 1. The van der Waals surface area contributed by atoms with Gasteiger partial charge in [-0.05, 0) is 54.7 Å². The molecule has 2 aromatic rings. The summed E-state index contributed by atoms with van der Waals surface area (Å²) in [4.78, 5) is 23.5. The van der Waals surface area contributed by atoms with Crippen LogP contribution < -0.4 is 16.2 Å². The van der Waals surface area contributed by atoms with E-state index in [4.69, 9.17) is 11.1 Å². The first-order valence-electron chi connectivity index (χ1n) is 14.5. The molecule has 1 aliphatic heterocycles. The minimum absolute atomic E-state index is 0.137. The number of nitrogens with one attached hydrogen (secondary N) is 2. The number of aliphatic hydroxyl groups excluding tert-OH is 1. The predicted octanol–water partition coefficient (Wildman–Crippen LogP) is 4.30. The average Bonchev–Trinajstić information content (AvgIpc) is 3.45. The van der Waals surface area contributed by atoms with Gasteiger partial charge in [-0.3, -0.25) is 4.98 Å². The summed E-state index contributed by atoms with van der Waals surface area (Å²) in [6.45, 7) is 2.08. The lowest BCUT2D eigenvalue weighted by atomic mass is 9.85. The number of aliphatic carboxylic acids is 1. The molecule has 40 heavy (non-hydrogen) atoms. The summed E-state index contributed by atoms with van der Waals surface area (Å²) >= 11 is 0. The normalized spacial score (nSPS) is 18.9. The molecular formula is C30H44N6O4-2. The highest BCUT2D eigenvalue weighted by molar-refractivity contribution is 5.83. The molecule has 0 radical (unpaired) electrons. The fourth-order valence-electron chi connectivity index (χ4n) is 5.38. The number of aromatic nitrogens is 2. The second kappa shape index (κ2) is 16.5. The Hall–Kier alpha value is -3.53. The molecule has 0 unspecified atom stereocenters. The van der Waals surface area contributed by atoms with Crippen molar-refractivity contribution < 1.29 is 20.1 Å². The van der Waals surface area contributed by atoms with E-state index in [1.807, 2.05) is 18.2 Å². The maximum Gasteiger partial charge on any atom is 0.328 e. The molecule has 0 saturated heterocycles. The lowest BCUT2D eigenvalue weighted by Gasteiger charge is -2.35. The van der Waals surface area contributed by atoms with Crippen molar-refractivity contribution in [2.75, 3.05) is 6.61 Å². The van der Waals surface area contributed by atoms with E-state index in [-0.39, 0.29) is 24.5 Å². The van der Waals surface area contributed by atoms with Crippen molar-refractivity contribution >= 4 is 17.7 Å². The van der Waals surface area contributed by atoms with Gasteiger partial charge in [-0.1, -0.05) is 88.1 Å². The number of nitrogens with two attached hydrogens (primary N) is 1. The Morgan fingerprint density at radius 2 is 2.00 bits per heavy atom. The summed E-state index contributed by atoms with van der Waals surface area (Å²) in [7, 11) is 0. The molecule has 0 spiro atoms. The van der Waals surface area contributed by atoms with E-state index in [1.54, 1.807) is 12.4 Å². The molecule has 10 nitrogen and oxygen atoms in total. The molecule has 6 N–H and O–H groups in total. The molecule has 4 atom stereocenters. The van der Waals surface area contributed by atoms with Crippen LogP contribution in [0.5, 0.6) is 5.88 Å². The minimum atomic E-state index is -1.07. The van der Waals surface area contributed by atoms with Crippen molar-refractivity contribution in [3.8, 4) is 5.88 Å². The zero-order chi connectivity index (χ0) is 28.7. The van der Waals surface area contributed by atoms with Gasteiger partial charge in [0.1, 0.15) is 0 Å². The zero-order valence-corrected chi connectivity index (χ0v) is 23.5. The number of pyridine rings is 1. The standard InChI is InChI=1S/C30H45N6O4/c1-2-3-4-5-6-7-9-21(16-22-12-14-28(38)33-19-22)11-13-25(35-27-10-8-15-32-27)24(18-29(39)40)26-17-23(20-37)34-30(31)36-26/h8,10,12,14-15,18-19,21,23,25-26,32,37H,2-7,9,11,13,16-17,20H2,1H3,(H,33,38)(H,39,40)(H3,31,34,36)/q-1/p-1/b24-18-/t21-,23-,25-,26+/m1/s1. The molecule has 0 fully saturated rings. The number of rotatable bonds is 18. The Morgan fingerprint density at radius 1 is 1.20 bits per heavy atom. The summed E-state index contributed by atoms with van der Waals surface area (Å²) in [6, 6.07) is 5.79. The van der Waals surface area contributed by atoms with Gasteiger partial charge in [0.15, 0.2) is 5.96 Å². The van der Waals surface area contributed by atoms with E-state index in [0.717, 1.165) is 31.2 Å². The van der Waals surface area contributed by atoms with Crippen LogP contribution in [0.4, 0.5) is 5.82 Å². The molecule has 0 aliphatic carbocycles. The second-order valence-corrected chi connectivity index (χ2v) is 10.7. The van der Waals surface area contributed by atoms with E-state index in [2.05, 4.69) is 27.2 Å². The predicted molar refractivity (Wildman–Crippen MR) is 155 cm³/mol. The first-order chi connectivity index (χ1) is 19.4. The van der Waals surface area contributed by atoms with E-state index in [1.165, 1.54) is 44.2 Å². The van der Waals surface area contributed by atoms with E-state index in [9.17, 15) is 20.1 Å². The van der Waals surface area contributed by atoms with Gasteiger partial charge in [0, 0.05) is 12.3 Å². The number of aliphatic imine (C=N–C) groups is 1. The highest BCUT2D eigenvalue weighted by atomic mass is 16.4. The number of carbonyl (C=O) groups is 1. The highest BCUT2D eigenvalue weighted by Crippen LogP contribution is 2.34. The van der Waals surface area contributed by atoms with Crippen molar-refractivity contribution in [2.45, 2.75) is 95.7 Å². The van der Waals surface area contributed by atoms with Gasteiger partial charge < -0.3 is 36.7 Å². The number of unbranched alkanes of at least 4 members (excludes halogenated alkanes) is 5. The van der Waals surface area contributed by atoms with Crippen molar-refractivity contribution in [1.29, 1.82) is 0 Å². The smallest absolute Gasteiger partial charge is 0.328 e. The molecule has 1 aliphatic rings. The van der Waals surface area contributed by atoms with E-state index >= 15 is 0 Å². The van der Waals surface area contributed by atoms with Gasteiger partial charge in [-0.25, -0.2) is 9.79 Å². The fraction of sp³-hybridized carbons (Fsp3) is 0.567. The van der Waals surface area contributed by atoms with Crippen LogP contribution in [0.15, 0.2) is 53.3 Å². The van der Waals surface area contributed by atoms with Crippen LogP contribution >= 0.6 is 0 Å². The summed E-state index contributed by atoms with van der Waals surface area (Å²) in [5.74, 6) is -0.145. The quantitative estimate of drug-likeness (QED) is 0.135. The number of guanidine groups is 1. The van der Waals surface area contributed by atoms with Crippen molar-refractivity contribution in [2.24, 2.45) is 16.6 Å². The van der Waals surface area contributed by atoms with Gasteiger partial charge in [0.25, 0.3) is 0 Å². The lowest BCUT2D eigenvalue weighted by molar-refractivity contribution is -0.275. The number of aromatic amines is 1. The van der Waals surface area contributed by atoms with Crippen LogP contribution in [0, 0.1) is 5.92 Å². The number of carboxylic acids is 1. The van der Waals surface area contributed by atoms with Gasteiger partial charge >= 0.3 is 5.97 Å². The first-order valence-corrected chi connectivity index (χ1v) is 14.5. The number of hydrogen-bond donors (Lipinski definition) is 5. The molecule has 10 heteroatoms. The summed E-state index contributed by atoms with van der Waals surface area (Å²) < 4.78 is 0. The van der Waals surface area contributed by atoms with Crippen molar-refractivity contribution in [3.05, 3.63) is 59.2 Å². The maximum absolute atomic E-state index is 11.9. The highest BCUT2D eigenvalue weighted by Gasteiger charge is 2.28. The monoisotopic (exact) mass is 552 g/mol. The Kier molecular flexibility index (Phi) is 12.8. The Bertz CT molecular complexity index is 1070. The lowest BCUT2D eigenvalue weighted by Crippen LogP contribution is -2.49. The van der Waals surface area contributed by atoms with E-state index in [0.29, 0.717) is 30.2 Å². The molecule has 3 heterocycles. The largest absolute Gasteiger partial charge is 0.859 e. The third kappa shape index (κ3) is 10.6. The third-order valence-corrected chi connectivity index (χ3v) is 7.45. The number of hydrogen-bond acceptors (Lipinski definition) is 7. The van der Waals surface area contributed by atoms with Crippen LogP contribution in [-0.2, 0) is 11.2 Å². The Labute approximate surface area is 237 Å². The van der Waals surface area contributed by atoms with Gasteiger partial charge in [-0.2, -0.15) is 0 Å². The zero-order valence-electron chi connectivity index (χ0n) is 23.5. The van der Waals surface area contributed by atoms with Crippen LogP contribution in [0.1, 0.15) is 76.7 Å². The SMILES string of the molecule is CCCCCCCC[C@H](CC[C@@H]([N-]c1ccc[nH]1)/C(=C/C(=O)O)[C@@H]1C[C@H](CO)NC(N)=N1)Cc1ccc([O-])nc1. The fourth-order valence-corrected chi connectivity index (χ4v) is 5.38. The van der Waals surface area contributed by atoms with Crippen molar-refractivity contribution in [3.63, 3.8) is 0 Å². The molecule has 0 aromatic carbocycles. The molecule has 3 rings (SSSR count). The van der Waals surface area contributed by atoms with Crippen LogP contribution in [0.25, 0.3) is 5.32 Å². The molecular weight excluding hydrogens is 508 g/mol. The van der Waals surface area contributed by atoms with Gasteiger partial charge in [-0.15, -0.1) is 0 Å². The topological polar surface area (TPSA) is 174 Å². The summed E-state index contributed by atoms with van der Waals surface area (Å²) in [6.07, 6.45) is 15.6. The Morgan fingerprint density at radius 3 is 2.67 bits per heavy atom. The Balaban J connectivity index is 1.80. The molecule has 0 amide bonds. The van der Waals surface area contributed by atoms with Gasteiger partial charge in [0.05, 0.1) is 18.7 Å². The molecule has 0 saturated carbocycles. The molecule has 0 bridgehead atoms. The van der Waals surface area contributed by atoms with Crippen LogP contribution in [0.3, 0.4) is 0 Å². The second-order valence-electron chi connectivity index (χ2n) is 10.7. The molecule has 2 aromatic heterocycles. The minimum Gasteiger partial charge on any atom is -0.859 e. The number of H-pyrrole nitrogens is 1. The summed E-state index contributed by atoms with van der Waals surface area (Å²) in [5, 5.41) is 38.9. The van der Waals surface area contributed by atoms with Crippen LogP contribution in [-0.4, -0.2) is 56.8 Å². The summed E-state index contributed by atoms with van der Waals surface area (Å²) in [5.41, 5.74) is 7.60. The maximum atomic E-state index is 11.9.